The number of benzene rings is 1. The highest BCUT2D eigenvalue weighted by Gasteiger charge is 2.21. The van der Waals surface area contributed by atoms with Crippen molar-refractivity contribution >= 4 is 0 Å². The summed E-state index contributed by atoms with van der Waals surface area (Å²) in [6.45, 7) is 0. The van der Waals surface area contributed by atoms with Gasteiger partial charge in [0.15, 0.2) is 0 Å². The van der Waals surface area contributed by atoms with E-state index in [9.17, 15) is 13.2 Å². The molecule has 5 heteroatoms. The van der Waals surface area contributed by atoms with Crippen LogP contribution in [0.2, 0.25) is 0 Å². The van der Waals surface area contributed by atoms with Crippen molar-refractivity contribution in [3.05, 3.63) is 29.6 Å². The summed E-state index contributed by atoms with van der Waals surface area (Å²) in [6, 6.07) is 1.84. The summed E-state index contributed by atoms with van der Waals surface area (Å²) in [6.07, 6.45) is -2.70. The van der Waals surface area contributed by atoms with Crippen LogP contribution in [0.15, 0.2) is 18.2 Å². The molecule has 1 aromatic rings. The summed E-state index contributed by atoms with van der Waals surface area (Å²) in [4.78, 5) is 0. The van der Waals surface area contributed by atoms with Crippen molar-refractivity contribution in [1.82, 2.24) is 0 Å². The molecule has 0 saturated heterocycles. The first-order chi connectivity index (χ1) is 6.56. The van der Waals surface area contributed by atoms with Crippen LogP contribution in [0, 0.1) is 5.82 Å². The third-order valence-corrected chi connectivity index (χ3v) is 1.83. The van der Waals surface area contributed by atoms with Gasteiger partial charge in [0.2, 0.25) is 0 Å². The van der Waals surface area contributed by atoms with Gasteiger partial charge in [-0.05, 0) is 6.07 Å². The van der Waals surface area contributed by atoms with Gasteiger partial charge in [0.25, 0.3) is 6.43 Å². The summed E-state index contributed by atoms with van der Waals surface area (Å²) in [5.74, 6) is -0.509. The molecule has 1 unspecified atom stereocenters. The van der Waals surface area contributed by atoms with Gasteiger partial charge < -0.3 is 10.5 Å². The van der Waals surface area contributed by atoms with Crippen molar-refractivity contribution < 1.29 is 17.9 Å². The first-order valence-electron chi connectivity index (χ1n) is 3.93. The second-order valence-electron chi connectivity index (χ2n) is 2.75. The zero-order valence-electron chi connectivity index (χ0n) is 7.51. The Morgan fingerprint density at radius 2 is 2.00 bits per heavy atom. The molecule has 0 aliphatic carbocycles. The second-order valence-corrected chi connectivity index (χ2v) is 2.75. The molecule has 78 valence electrons. The maximum Gasteiger partial charge on any atom is 0.257 e. The lowest BCUT2D eigenvalue weighted by molar-refractivity contribution is 0.115. The molecule has 0 fully saturated rings. The average Bonchev–Trinajstić information content (AvgIpc) is 2.16. The zero-order valence-corrected chi connectivity index (χ0v) is 7.51. The predicted octanol–water partition coefficient (Wildman–Crippen LogP) is 2.10. The van der Waals surface area contributed by atoms with Crippen molar-refractivity contribution in [1.29, 1.82) is 0 Å². The average molecular weight is 205 g/mol. The van der Waals surface area contributed by atoms with Crippen LogP contribution in [-0.2, 0) is 0 Å². The molecular weight excluding hydrogens is 195 g/mol. The van der Waals surface area contributed by atoms with Gasteiger partial charge >= 0.3 is 0 Å². The van der Waals surface area contributed by atoms with Crippen LogP contribution >= 0.6 is 0 Å². The number of halogens is 3. The Labute approximate surface area is 79.5 Å². The smallest absolute Gasteiger partial charge is 0.257 e. The van der Waals surface area contributed by atoms with E-state index >= 15 is 0 Å². The number of alkyl halides is 2. The lowest BCUT2D eigenvalue weighted by Gasteiger charge is -2.14. The van der Waals surface area contributed by atoms with E-state index in [1.807, 2.05) is 0 Å². The van der Waals surface area contributed by atoms with Crippen molar-refractivity contribution in [2.75, 3.05) is 7.11 Å². The molecule has 0 aromatic heterocycles. The van der Waals surface area contributed by atoms with E-state index < -0.39 is 18.3 Å². The lowest BCUT2D eigenvalue weighted by atomic mass is 10.1. The van der Waals surface area contributed by atoms with E-state index in [0.717, 1.165) is 12.1 Å². The maximum atomic E-state index is 12.7. The minimum absolute atomic E-state index is 0.0396. The van der Waals surface area contributed by atoms with Crippen molar-refractivity contribution in [3.63, 3.8) is 0 Å². The summed E-state index contributed by atoms with van der Waals surface area (Å²) >= 11 is 0. The minimum atomic E-state index is -2.70. The summed E-state index contributed by atoms with van der Waals surface area (Å²) in [5.41, 5.74) is 5.31. The number of rotatable bonds is 3. The molecule has 0 aliphatic rings. The number of hydrogen-bond donors (Lipinski definition) is 1. The molecule has 14 heavy (non-hydrogen) atoms. The van der Waals surface area contributed by atoms with Crippen LogP contribution < -0.4 is 10.5 Å². The molecule has 2 N–H and O–H groups in total. The zero-order chi connectivity index (χ0) is 10.7. The van der Waals surface area contributed by atoms with Gasteiger partial charge in [0.05, 0.1) is 13.2 Å². The monoisotopic (exact) mass is 205 g/mol. The van der Waals surface area contributed by atoms with Crippen molar-refractivity contribution in [2.45, 2.75) is 12.5 Å². The van der Waals surface area contributed by atoms with Gasteiger partial charge in [-0.25, -0.2) is 13.2 Å². The van der Waals surface area contributed by atoms with Crippen molar-refractivity contribution in [3.8, 4) is 5.75 Å². The molecule has 0 radical (unpaired) electrons. The molecule has 0 aliphatic heterocycles. The van der Waals surface area contributed by atoms with E-state index in [2.05, 4.69) is 0 Å². The minimum Gasteiger partial charge on any atom is -0.496 e. The number of ether oxygens (including phenoxy) is 1. The highest BCUT2D eigenvalue weighted by molar-refractivity contribution is 5.36. The molecule has 0 amide bonds. The number of nitrogens with two attached hydrogens (primary N) is 1. The summed E-state index contributed by atoms with van der Waals surface area (Å²) < 4.78 is 41.9. The summed E-state index contributed by atoms with van der Waals surface area (Å²) in [7, 11) is 1.27. The van der Waals surface area contributed by atoms with Crippen LogP contribution in [0.25, 0.3) is 0 Å². The van der Waals surface area contributed by atoms with E-state index in [0.29, 0.717) is 0 Å². The van der Waals surface area contributed by atoms with Crippen molar-refractivity contribution in [2.24, 2.45) is 5.73 Å². The standard InChI is InChI=1S/C9H10F3NO/c1-14-7-4-5(10)2-3-6(7)8(13)9(11)12/h2-4,8-9H,13H2,1H3. The van der Waals surface area contributed by atoms with Crippen LogP contribution in [0.4, 0.5) is 13.2 Å². The Balaban J connectivity index is 3.07. The van der Waals surface area contributed by atoms with Gasteiger partial charge in [0, 0.05) is 11.6 Å². The van der Waals surface area contributed by atoms with Gasteiger partial charge in [0.1, 0.15) is 11.6 Å². The second kappa shape index (κ2) is 4.32. The largest absolute Gasteiger partial charge is 0.496 e. The molecule has 0 bridgehead atoms. The Morgan fingerprint density at radius 3 is 2.50 bits per heavy atom. The fraction of sp³-hybridized carbons (Fsp3) is 0.333. The quantitative estimate of drug-likeness (QED) is 0.820. The Morgan fingerprint density at radius 1 is 1.36 bits per heavy atom. The van der Waals surface area contributed by atoms with Gasteiger partial charge in [-0.3, -0.25) is 0 Å². The first kappa shape index (κ1) is 10.8. The third kappa shape index (κ3) is 2.17. The van der Waals surface area contributed by atoms with Crippen LogP contribution in [0.5, 0.6) is 5.75 Å². The number of methoxy groups -OCH3 is 1. The number of hydrogen-bond acceptors (Lipinski definition) is 2. The van der Waals surface area contributed by atoms with E-state index in [-0.39, 0.29) is 11.3 Å². The summed E-state index contributed by atoms with van der Waals surface area (Å²) in [5, 5.41) is 0. The molecular formula is C9H10F3NO. The molecule has 1 aromatic carbocycles. The van der Waals surface area contributed by atoms with E-state index in [4.69, 9.17) is 10.5 Å². The maximum absolute atomic E-state index is 12.7. The van der Waals surface area contributed by atoms with E-state index in [1.165, 1.54) is 13.2 Å². The van der Waals surface area contributed by atoms with Gasteiger partial charge in [-0.1, -0.05) is 6.07 Å². The fourth-order valence-electron chi connectivity index (χ4n) is 1.10. The Bertz CT molecular complexity index is 317. The molecule has 1 atom stereocenters. The first-order valence-corrected chi connectivity index (χ1v) is 3.93. The topological polar surface area (TPSA) is 35.2 Å². The highest BCUT2D eigenvalue weighted by Crippen LogP contribution is 2.27. The van der Waals surface area contributed by atoms with Crippen LogP contribution in [0.3, 0.4) is 0 Å². The molecule has 1 rings (SSSR count). The normalized spacial score (nSPS) is 13.0. The predicted molar refractivity (Wildman–Crippen MR) is 45.9 cm³/mol. The van der Waals surface area contributed by atoms with Gasteiger partial charge in [-0.2, -0.15) is 0 Å². The molecule has 0 saturated carbocycles. The van der Waals surface area contributed by atoms with Gasteiger partial charge in [-0.15, -0.1) is 0 Å². The van der Waals surface area contributed by atoms with E-state index in [1.54, 1.807) is 0 Å². The SMILES string of the molecule is COc1cc(F)ccc1C(N)C(F)F. The van der Waals surface area contributed by atoms with Crippen LogP contribution in [-0.4, -0.2) is 13.5 Å². The lowest BCUT2D eigenvalue weighted by Crippen LogP contribution is -2.19. The Hall–Kier alpha value is -1.23. The van der Waals surface area contributed by atoms with Crippen LogP contribution in [0.1, 0.15) is 11.6 Å². The molecule has 2 nitrogen and oxygen atoms in total. The molecule has 0 heterocycles. The fourth-order valence-corrected chi connectivity index (χ4v) is 1.10. The third-order valence-electron chi connectivity index (χ3n) is 1.83. The Kier molecular flexibility index (Phi) is 3.35. The highest BCUT2D eigenvalue weighted by atomic mass is 19.3. The molecule has 0 spiro atoms.